The molecule has 5 heteroatoms. The molecule has 3 nitrogen and oxygen atoms in total. The number of hydrogen-bond acceptors (Lipinski definition) is 2. The number of aromatic nitrogens is 2. The topological polar surface area (TPSA) is 29.9 Å². The molecule has 0 aliphatic heterocycles. The smallest absolute Gasteiger partial charge is 0.130 e. The maximum absolute atomic E-state index is 13.4. The number of halogens is 2. The average Bonchev–Trinajstić information content (AvgIpc) is 2.85. The zero-order valence-corrected chi connectivity index (χ0v) is 10.8. The first-order valence-corrected chi connectivity index (χ1v) is 6.26. The Kier molecular flexibility index (Phi) is 4.63. The lowest BCUT2D eigenvalue weighted by molar-refractivity contribution is 0.437. The van der Waals surface area contributed by atoms with E-state index >= 15 is 0 Å². The summed E-state index contributed by atoms with van der Waals surface area (Å²) in [6, 6.07) is 3.92. The molecule has 19 heavy (non-hydrogen) atoms. The fourth-order valence-corrected chi connectivity index (χ4v) is 1.96. The van der Waals surface area contributed by atoms with Crippen LogP contribution in [0.25, 0.3) is 0 Å². The second-order valence-electron chi connectivity index (χ2n) is 4.70. The summed E-state index contributed by atoms with van der Waals surface area (Å²) in [5, 5.41) is 3.08. The van der Waals surface area contributed by atoms with Gasteiger partial charge in [0.1, 0.15) is 11.6 Å². The van der Waals surface area contributed by atoms with Gasteiger partial charge >= 0.3 is 0 Å². The number of benzene rings is 1. The van der Waals surface area contributed by atoms with E-state index in [9.17, 15) is 8.78 Å². The molecular weight excluding hydrogens is 248 g/mol. The summed E-state index contributed by atoms with van der Waals surface area (Å²) in [7, 11) is 0. The van der Waals surface area contributed by atoms with Gasteiger partial charge in [-0.05, 0) is 24.6 Å². The Morgan fingerprint density at radius 1 is 1.32 bits per heavy atom. The molecule has 1 aromatic heterocycles. The van der Waals surface area contributed by atoms with Gasteiger partial charge in [-0.15, -0.1) is 0 Å². The molecule has 0 bridgehead atoms. The van der Waals surface area contributed by atoms with Gasteiger partial charge in [0.25, 0.3) is 0 Å². The van der Waals surface area contributed by atoms with E-state index in [0.29, 0.717) is 12.5 Å². The van der Waals surface area contributed by atoms with Crippen molar-refractivity contribution in [1.82, 2.24) is 14.9 Å². The van der Waals surface area contributed by atoms with Gasteiger partial charge in [-0.25, -0.2) is 13.8 Å². The normalized spacial score (nSPS) is 12.6. The van der Waals surface area contributed by atoms with Crippen molar-refractivity contribution in [2.24, 2.45) is 5.92 Å². The van der Waals surface area contributed by atoms with Crippen molar-refractivity contribution in [3.63, 3.8) is 0 Å². The minimum Gasteiger partial charge on any atom is -0.337 e. The highest BCUT2D eigenvalue weighted by atomic mass is 19.1. The molecule has 0 radical (unpaired) electrons. The third kappa shape index (κ3) is 3.86. The molecule has 1 N–H and O–H groups in total. The van der Waals surface area contributed by atoms with E-state index in [-0.39, 0.29) is 12.1 Å². The number of nitrogens with one attached hydrogen (secondary N) is 1. The second kappa shape index (κ2) is 6.43. The predicted molar refractivity (Wildman–Crippen MR) is 69.5 cm³/mol. The van der Waals surface area contributed by atoms with E-state index < -0.39 is 11.6 Å². The SMILES string of the molecule is CC(CNCc1c(F)cccc1F)Cn1ccnc1. The van der Waals surface area contributed by atoms with Crippen LogP contribution in [0.3, 0.4) is 0 Å². The Bertz CT molecular complexity index is 491. The molecule has 0 amide bonds. The van der Waals surface area contributed by atoms with E-state index in [2.05, 4.69) is 17.2 Å². The van der Waals surface area contributed by atoms with Crippen molar-refractivity contribution in [3.05, 3.63) is 54.1 Å². The highest BCUT2D eigenvalue weighted by molar-refractivity contribution is 5.19. The number of nitrogens with zero attached hydrogens (tertiary/aromatic N) is 2. The van der Waals surface area contributed by atoms with Gasteiger partial charge in [-0.1, -0.05) is 13.0 Å². The van der Waals surface area contributed by atoms with Gasteiger partial charge < -0.3 is 9.88 Å². The van der Waals surface area contributed by atoms with Crippen LogP contribution in [0.1, 0.15) is 12.5 Å². The molecule has 1 unspecified atom stereocenters. The molecular formula is C14H17F2N3. The van der Waals surface area contributed by atoms with Gasteiger partial charge in [0.2, 0.25) is 0 Å². The Hall–Kier alpha value is -1.75. The lowest BCUT2D eigenvalue weighted by Gasteiger charge is -2.13. The molecule has 0 spiro atoms. The largest absolute Gasteiger partial charge is 0.337 e. The Balaban J connectivity index is 1.80. The third-order valence-corrected chi connectivity index (χ3v) is 2.94. The molecule has 0 fully saturated rings. The monoisotopic (exact) mass is 265 g/mol. The van der Waals surface area contributed by atoms with Crippen LogP contribution >= 0.6 is 0 Å². The molecule has 1 atom stereocenters. The zero-order valence-electron chi connectivity index (χ0n) is 10.8. The van der Waals surface area contributed by atoms with Crippen LogP contribution in [0.4, 0.5) is 8.78 Å². The first kappa shape index (κ1) is 13.7. The van der Waals surface area contributed by atoms with Crippen molar-refractivity contribution in [2.75, 3.05) is 6.54 Å². The lowest BCUT2D eigenvalue weighted by Crippen LogP contribution is -2.24. The van der Waals surface area contributed by atoms with E-state index in [1.54, 1.807) is 12.5 Å². The number of rotatable bonds is 6. The van der Waals surface area contributed by atoms with Crippen molar-refractivity contribution in [1.29, 1.82) is 0 Å². The van der Waals surface area contributed by atoms with Gasteiger partial charge in [0.15, 0.2) is 0 Å². The number of hydrogen-bond donors (Lipinski definition) is 1. The van der Waals surface area contributed by atoms with E-state index in [1.165, 1.54) is 18.2 Å². The lowest BCUT2D eigenvalue weighted by atomic mass is 10.1. The molecule has 0 aliphatic rings. The standard InChI is InChI=1S/C14H17F2N3/c1-11(9-19-6-5-17-10-19)7-18-8-12-13(15)3-2-4-14(12)16/h2-6,10-11,18H,7-9H2,1H3. The maximum Gasteiger partial charge on any atom is 0.130 e. The summed E-state index contributed by atoms with van der Waals surface area (Å²) in [5.41, 5.74) is 0.0948. The fourth-order valence-electron chi connectivity index (χ4n) is 1.96. The van der Waals surface area contributed by atoms with Crippen LogP contribution in [-0.2, 0) is 13.1 Å². The Labute approximate surface area is 111 Å². The van der Waals surface area contributed by atoms with E-state index in [1.807, 2.05) is 10.8 Å². The number of imidazole rings is 1. The molecule has 102 valence electrons. The third-order valence-electron chi connectivity index (χ3n) is 2.94. The Morgan fingerprint density at radius 3 is 2.68 bits per heavy atom. The van der Waals surface area contributed by atoms with Crippen LogP contribution in [0, 0.1) is 17.6 Å². The highest BCUT2D eigenvalue weighted by Gasteiger charge is 2.08. The first-order chi connectivity index (χ1) is 9.16. The van der Waals surface area contributed by atoms with E-state index in [0.717, 1.165) is 6.54 Å². The Morgan fingerprint density at radius 2 is 2.05 bits per heavy atom. The predicted octanol–water partition coefficient (Wildman–Crippen LogP) is 2.59. The summed E-state index contributed by atoms with van der Waals surface area (Å²) in [4.78, 5) is 3.97. The first-order valence-electron chi connectivity index (χ1n) is 6.26. The van der Waals surface area contributed by atoms with Gasteiger partial charge in [-0.2, -0.15) is 0 Å². The summed E-state index contributed by atoms with van der Waals surface area (Å²) >= 11 is 0. The molecule has 0 saturated carbocycles. The van der Waals surface area contributed by atoms with Crippen LogP contribution < -0.4 is 5.32 Å². The summed E-state index contributed by atoms with van der Waals surface area (Å²) in [5.74, 6) is -0.659. The summed E-state index contributed by atoms with van der Waals surface area (Å²) in [6.45, 7) is 3.79. The highest BCUT2D eigenvalue weighted by Crippen LogP contribution is 2.11. The van der Waals surface area contributed by atoms with E-state index in [4.69, 9.17) is 0 Å². The molecule has 0 saturated heterocycles. The van der Waals surface area contributed by atoms with Crippen LogP contribution in [0.15, 0.2) is 36.9 Å². The van der Waals surface area contributed by atoms with Crippen LogP contribution in [0.2, 0.25) is 0 Å². The molecule has 1 aromatic carbocycles. The van der Waals surface area contributed by atoms with Crippen molar-refractivity contribution < 1.29 is 8.78 Å². The van der Waals surface area contributed by atoms with Gasteiger partial charge in [0, 0.05) is 31.0 Å². The minimum absolute atomic E-state index is 0.0948. The fraction of sp³-hybridized carbons (Fsp3) is 0.357. The minimum atomic E-state index is -0.505. The van der Waals surface area contributed by atoms with Crippen molar-refractivity contribution in [3.8, 4) is 0 Å². The zero-order chi connectivity index (χ0) is 13.7. The maximum atomic E-state index is 13.4. The van der Waals surface area contributed by atoms with Crippen molar-refractivity contribution >= 4 is 0 Å². The quantitative estimate of drug-likeness (QED) is 0.870. The summed E-state index contributed by atoms with van der Waals surface area (Å²) in [6.07, 6.45) is 5.38. The summed E-state index contributed by atoms with van der Waals surface area (Å²) < 4.78 is 28.8. The molecule has 2 aromatic rings. The van der Waals surface area contributed by atoms with Crippen molar-refractivity contribution in [2.45, 2.75) is 20.0 Å². The second-order valence-corrected chi connectivity index (χ2v) is 4.70. The molecule has 2 rings (SSSR count). The molecule has 1 heterocycles. The van der Waals surface area contributed by atoms with Gasteiger partial charge in [-0.3, -0.25) is 0 Å². The average molecular weight is 265 g/mol. The van der Waals surface area contributed by atoms with Crippen LogP contribution in [0.5, 0.6) is 0 Å². The molecule has 0 aliphatic carbocycles. The van der Waals surface area contributed by atoms with Gasteiger partial charge in [0.05, 0.1) is 6.33 Å². The van der Waals surface area contributed by atoms with Crippen LogP contribution in [-0.4, -0.2) is 16.1 Å².